The van der Waals surface area contributed by atoms with Crippen molar-refractivity contribution >= 4 is 46.6 Å². The molecule has 2 aliphatic heterocycles. The molecule has 2 aromatic rings. The van der Waals surface area contributed by atoms with Crippen LogP contribution in [0.1, 0.15) is 37.0 Å². The van der Waals surface area contributed by atoms with Gasteiger partial charge >= 0.3 is 0 Å². The quantitative estimate of drug-likeness (QED) is 0.674. The van der Waals surface area contributed by atoms with E-state index in [1.807, 2.05) is 44.2 Å². The van der Waals surface area contributed by atoms with Crippen LogP contribution in [0.2, 0.25) is 10.0 Å². The fraction of sp³-hybridized carbons (Fsp3) is 0.400. The molecular formula is C25H28Cl2N4O3. The van der Waals surface area contributed by atoms with Crippen molar-refractivity contribution in [3.8, 4) is 0 Å². The summed E-state index contributed by atoms with van der Waals surface area (Å²) in [5.74, 6) is -0.420. The minimum Gasteiger partial charge on any atom is -0.352 e. The second kappa shape index (κ2) is 9.84. The van der Waals surface area contributed by atoms with E-state index in [-0.39, 0.29) is 30.3 Å². The van der Waals surface area contributed by atoms with Crippen LogP contribution >= 0.6 is 23.2 Å². The number of anilines is 1. The topological polar surface area (TPSA) is 73.0 Å². The van der Waals surface area contributed by atoms with Gasteiger partial charge in [-0.3, -0.25) is 14.4 Å². The zero-order valence-corrected chi connectivity index (χ0v) is 20.8. The average Bonchev–Trinajstić information content (AvgIpc) is 3.04. The molecule has 0 aromatic heterocycles. The average molecular weight is 503 g/mol. The predicted octanol–water partition coefficient (Wildman–Crippen LogP) is 3.80. The summed E-state index contributed by atoms with van der Waals surface area (Å²) in [4.78, 5) is 44.6. The van der Waals surface area contributed by atoms with E-state index in [0.29, 0.717) is 48.2 Å². The lowest BCUT2D eigenvalue weighted by molar-refractivity contribution is -0.137. The highest BCUT2D eigenvalue weighted by Crippen LogP contribution is 2.39. The predicted molar refractivity (Wildman–Crippen MR) is 133 cm³/mol. The lowest BCUT2D eigenvalue weighted by Crippen LogP contribution is -2.57. The van der Waals surface area contributed by atoms with E-state index in [1.54, 1.807) is 28.0 Å². The fourth-order valence-corrected chi connectivity index (χ4v) is 5.33. The highest BCUT2D eigenvalue weighted by atomic mass is 35.5. The molecule has 2 aromatic carbocycles. The lowest BCUT2D eigenvalue weighted by atomic mass is 9.85. The second-order valence-electron chi connectivity index (χ2n) is 9.11. The summed E-state index contributed by atoms with van der Waals surface area (Å²) in [7, 11) is 0. The van der Waals surface area contributed by atoms with Crippen LogP contribution in [-0.4, -0.2) is 65.4 Å². The second-order valence-corrected chi connectivity index (χ2v) is 9.99. The summed E-state index contributed by atoms with van der Waals surface area (Å²) in [6, 6.07) is 14.5. The Hall–Kier alpha value is -2.77. The van der Waals surface area contributed by atoms with Crippen molar-refractivity contribution in [1.29, 1.82) is 0 Å². The summed E-state index contributed by atoms with van der Waals surface area (Å²) in [5, 5.41) is 3.67. The maximum atomic E-state index is 13.7. The molecule has 4 rings (SSSR count). The summed E-state index contributed by atoms with van der Waals surface area (Å²) >= 11 is 12.2. The van der Waals surface area contributed by atoms with Gasteiger partial charge in [0.05, 0.1) is 6.67 Å². The first-order valence-corrected chi connectivity index (χ1v) is 12.1. The molecule has 0 aliphatic carbocycles. The van der Waals surface area contributed by atoms with Crippen molar-refractivity contribution in [2.45, 2.75) is 38.3 Å². The van der Waals surface area contributed by atoms with Crippen LogP contribution in [0, 0.1) is 0 Å². The molecule has 3 amide bonds. The van der Waals surface area contributed by atoms with Crippen molar-refractivity contribution in [1.82, 2.24) is 15.1 Å². The Morgan fingerprint density at radius 2 is 1.65 bits per heavy atom. The van der Waals surface area contributed by atoms with Gasteiger partial charge in [-0.05, 0) is 57.0 Å². The van der Waals surface area contributed by atoms with E-state index in [4.69, 9.17) is 23.2 Å². The van der Waals surface area contributed by atoms with Crippen LogP contribution in [0.5, 0.6) is 0 Å². The zero-order valence-electron chi connectivity index (χ0n) is 19.3. The normalized spacial score (nSPS) is 17.6. The van der Waals surface area contributed by atoms with Gasteiger partial charge in [0.15, 0.2) is 0 Å². The van der Waals surface area contributed by atoms with Crippen molar-refractivity contribution in [2.75, 3.05) is 31.2 Å². The Kier molecular flexibility index (Phi) is 7.05. The highest BCUT2D eigenvalue weighted by Gasteiger charge is 2.54. The maximum Gasteiger partial charge on any atom is 0.253 e. The van der Waals surface area contributed by atoms with Crippen LogP contribution in [0.3, 0.4) is 0 Å². The lowest BCUT2D eigenvalue weighted by Gasteiger charge is -2.43. The molecular weight excluding hydrogens is 475 g/mol. The van der Waals surface area contributed by atoms with Crippen molar-refractivity contribution in [3.63, 3.8) is 0 Å². The van der Waals surface area contributed by atoms with Gasteiger partial charge in [0, 0.05) is 40.4 Å². The Labute approximate surface area is 209 Å². The third kappa shape index (κ3) is 4.86. The Balaban J connectivity index is 1.55. The minimum absolute atomic E-state index is 0.00126. The van der Waals surface area contributed by atoms with Gasteiger partial charge in [-0.15, -0.1) is 0 Å². The monoisotopic (exact) mass is 502 g/mol. The molecule has 0 radical (unpaired) electrons. The largest absolute Gasteiger partial charge is 0.352 e. The number of piperidine rings is 1. The number of hydrogen-bond donors (Lipinski definition) is 1. The fourth-order valence-electron chi connectivity index (χ4n) is 4.80. The number of amides is 3. The molecule has 2 heterocycles. The Bertz CT molecular complexity index is 1060. The number of benzene rings is 2. The molecule has 0 bridgehead atoms. The molecule has 1 spiro atoms. The maximum absolute atomic E-state index is 13.7. The van der Waals surface area contributed by atoms with Crippen LogP contribution in [0.25, 0.3) is 0 Å². The molecule has 180 valence electrons. The number of carbonyl (C=O) groups is 3. The van der Waals surface area contributed by atoms with Crippen LogP contribution < -0.4 is 10.2 Å². The number of para-hydroxylation sites is 1. The smallest absolute Gasteiger partial charge is 0.253 e. The molecule has 9 heteroatoms. The molecule has 0 atom stereocenters. The van der Waals surface area contributed by atoms with Gasteiger partial charge in [0.1, 0.15) is 12.1 Å². The van der Waals surface area contributed by atoms with E-state index in [1.165, 1.54) is 0 Å². The standard InChI is InChI=1S/C25H28Cl2N4O3/c1-17(2)28-22(32)15-30-16-31(21-6-4-3-5-7-21)25(24(30)34)8-10-29(11-9-25)23(33)18-12-19(26)14-20(27)13-18/h3-7,12-14,17H,8-11,15-16H2,1-2H3,(H,28,32). The molecule has 34 heavy (non-hydrogen) atoms. The van der Waals surface area contributed by atoms with Crippen molar-refractivity contribution in [3.05, 3.63) is 64.1 Å². The Morgan fingerprint density at radius 3 is 2.24 bits per heavy atom. The number of carbonyl (C=O) groups excluding carboxylic acids is 3. The van der Waals surface area contributed by atoms with E-state index in [0.717, 1.165) is 5.69 Å². The molecule has 7 nitrogen and oxygen atoms in total. The van der Waals surface area contributed by atoms with Gasteiger partial charge in [0.25, 0.3) is 11.8 Å². The summed E-state index contributed by atoms with van der Waals surface area (Å²) in [5.41, 5.74) is 0.546. The van der Waals surface area contributed by atoms with E-state index in [9.17, 15) is 14.4 Å². The summed E-state index contributed by atoms with van der Waals surface area (Å²) in [6.45, 7) is 4.93. The molecule has 0 saturated carbocycles. The van der Waals surface area contributed by atoms with E-state index < -0.39 is 5.54 Å². The first kappa shape index (κ1) is 24.4. The minimum atomic E-state index is -0.803. The van der Waals surface area contributed by atoms with Crippen LogP contribution in [0.4, 0.5) is 5.69 Å². The number of nitrogens with zero attached hydrogens (tertiary/aromatic N) is 3. The molecule has 2 saturated heterocycles. The number of likely N-dealkylation sites (tertiary alicyclic amines) is 1. The SMILES string of the molecule is CC(C)NC(=O)CN1CN(c2ccccc2)C2(CCN(C(=O)c3cc(Cl)cc(Cl)c3)CC2)C1=O. The van der Waals surface area contributed by atoms with Gasteiger partial charge in [-0.2, -0.15) is 0 Å². The highest BCUT2D eigenvalue weighted by molar-refractivity contribution is 6.35. The van der Waals surface area contributed by atoms with Gasteiger partial charge in [-0.1, -0.05) is 41.4 Å². The Morgan fingerprint density at radius 1 is 1.03 bits per heavy atom. The number of hydrogen-bond acceptors (Lipinski definition) is 4. The first-order valence-electron chi connectivity index (χ1n) is 11.4. The summed E-state index contributed by atoms with van der Waals surface area (Å²) < 4.78 is 0. The van der Waals surface area contributed by atoms with E-state index >= 15 is 0 Å². The van der Waals surface area contributed by atoms with Crippen LogP contribution in [0.15, 0.2) is 48.5 Å². The molecule has 0 unspecified atom stereocenters. The number of halogens is 2. The third-order valence-electron chi connectivity index (χ3n) is 6.35. The molecule has 2 aliphatic rings. The van der Waals surface area contributed by atoms with Crippen LogP contribution in [-0.2, 0) is 9.59 Å². The van der Waals surface area contributed by atoms with Gasteiger partial charge in [-0.25, -0.2) is 0 Å². The third-order valence-corrected chi connectivity index (χ3v) is 6.79. The molecule has 2 fully saturated rings. The van der Waals surface area contributed by atoms with E-state index in [2.05, 4.69) is 10.2 Å². The molecule has 1 N–H and O–H groups in total. The first-order chi connectivity index (χ1) is 16.2. The van der Waals surface area contributed by atoms with Gasteiger partial charge < -0.3 is 20.0 Å². The van der Waals surface area contributed by atoms with Gasteiger partial charge in [0.2, 0.25) is 5.91 Å². The van der Waals surface area contributed by atoms with Crippen molar-refractivity contribution in [2.24, 2.45) is 0 Å². The summed E-state index contributed by atoms with van der Waals surface area (Å²) in [6.07, 6.45) is 0.923. The number of nitrogens with one attached hydrogen (secondary N) is 1. The van der Waals surface area contributed by atoms with Crippen molar-refractivity contribution < 1.29 is 14.4 Å². The zero-order chi connectivity index (χ0) is 24.5. The number of rotatable bonds is 5.